The molecule has 3 rings (SSSR count). The second-order valence-electron chi connectivity index (χ2n) is 8.41. The Bertz CT molecular complexity index is 393. The summed E-state index contributed by atoms with van der Waals surface area (Å²) in [6.45, 7) is 9.83. The molecule has 146 valence electrons. The van der Waals surface area contributed by atoms with Crippen LogP contribution < -0.4 is 5.32 Å². The number of fused-ring (bicyclic) bond motifs is 1. The van der Waals surface area contributed by atoms with Gasteiger partial charge in [-0.2, -0.15) is 0 Å². The van der Waals surface area contributed by atoms with Gasteiger partial charge in [-0.25, -0.2) is 0 Å². The lowest BCUT2D eigenvalue weighted by atomic mass is 9.82. The number of likely N-dealkylation sites (tertiary alicyclic amines) is 2. The van der Waals surface area contributed by atoms with Crippen molar-refractivity contribution in [3.8, 4) is 0 Å². The zero-order chi connectivity index (χ0) is 16.8. The fourth-order valence-electron chi connectivity index (χ4n) is 4.86. The molecule has 1 aliphatic carbocycles. The van der Waals surface area contributed by atoms with E-state index in [1.165, 1.54) is 84.1 Å². The van der Waals surface area contributed by atoms with Crippen LogP contribution in [-0.2, 0) is 0 Å². The van der Waals surface area contributed by atoms with Gasteiger partial charge in [-0.1, -0.05) is 19.8 Å². The topological polar surface area (TPSA) is 30.9 Å². The van der Waals surface area contributed by atoms with Gasteiger partial charge in [0.05, 0.1) is 0 Å². The van der Waals surface area contributed by atoms with Crippen LogP contribution in [0, 0.1) is 17.8 Å². The standard InChI is InChI=1S/C20H38N4.HI/c1-17-9-13-23(14-10-17)12-6-5-11-22-20(21-2)24-15-18-7-3-4-8-19(18)16-24;/h17-19H,3-16H2,1-2H3,(H,21,22);1H. The van der Waals surface area contributed by atoms with Crippen molar-refractivity contribution in [1.29, 1.82) is 0 Å². The first-order valence-corrected chi connectivity index (χ1v) is 10.4. The average Bonchev–Trinajstić information content (AvgIpc) is 3.03. The van der Waals surface area contributed by atoms with Crippen LogP contribution in [0.4, 0.5) is 0 Å². The minimum Gasteiger partial charge on any atom is -0.356 e. The van der Waals surface area contributed by atoms with Crippen LogP contribution in [0.1, 0.15) is 58.3 Å². The summed E-state index contributed by atoms with van der Waals surface area (Å²) in [7, 11) is 1.94. The highest BCUT2D eigenvalue weighted by molar-refractivity contribution is 14.0. The van der Waals surface area contributed by atoms with Gasteiger partial charge in [0.2, 0.25) is 0 Å². The van der Waals surface area contributed by atoms with Crippen LogP contribution in [0.5, 0.6) is 0 Å². The van der Waals surface area contributed by atoms with Crippen molar-refractivity contribution in [2.75, 3.05) is 46.3 Å². The molecule has 0 aromatic carbocycles. The van der Waals surface area contributed by atoms with Crippen molar-refractivity contribution >= 4 is 29.9 Å². The van der Waals surface area contributed by atoms with Gasteiger partial charge in [0.1, 0.15) is 0 Å². The van der Waals surface area contributed by atoms with E-state index in [9.17, 15) is 0 Å². The first-order chi connectivity index (χ1) is 11.8. The lowest BCUT2D eigenvalue weighted by Gasteiger charge is -2.30. The predicted octanol–water partition coefficient (Wildman–Crippen LogP) is 3.81. The molecule has 3 aliphatic rings. The van der Waals surface area contributed by atoms with E-state index in [1.54, 1.807) is 0 Å². The molecule has 25 heavy (non-hydrogen) atoms. The van der Waals surface area contributed by atoms with Crippen LogP contribution in [-0.4, -0.2) is 62.1 Å². The van der Waals surface area contributed by atoms with Crippen LogP contribution >= 0.6 is 24.0 Å². The van der Waals surface area contributed by atoms with E-state index >= 15 is 0 Å². The molecule has 0 aromatic heterocycles. The van der Waals surface area contributed by atoms with E-state index in [4.69, 9.17) is 0 Å². The minimum absolute atomic E-state index is 0. The largest absolute Gasteiger partial charge is 0.356 e. The maximum absolute atomic E-state index is 4.54. The molecule has 0 bridgehead atoms. The summed E-state index contributed by atoms with van der Waals surface area (Å²) in [5, 5.41) is 3.62. The highest BCUT2D eigenvalue weighted by Gasteiger charge is 2.35. The first-order valence-electron chi connectivity index (χ1n) is 10.4. The van der Waals surface area contributed by atoms with Gasteiger partial charge < -0.3 is 15.1 Å². The Morgan fingerprint density at radius 1 is 1.00 bits per heavy atom. The van der Waals surface area contributed by atoms with Crippen LogP contribution in [0.15, 0.2) is 4.99 Å². The molecule has 5 heteroatoms. The SMILES string of the molecule is CN=C(NCCCCN1CCC(C)CC1)N1CC2CCCCC2C1.I. The van der Waals surface area contributed by atoms with Crippen molar-refractivity contribution < 1.29 is 0 Å². The number of piperidine rings is 1. The molecule has 0 amide bonds. The van der Waals surface area contributed by atoms with Gasteiger partial charge in [-0.15, -0.1) is 24.0 Å². The van der Waals surface area contributed by atoms with Gasteiger partial charge in [0.25, 0.3) is 0 Å². The Morgan fingerprint density at radius 2 is 1.64 bits per heavy atom. The molecule has 3 fully saturated rings. The maximum atomic E-state index is 4.54. The van der Waals surface area contributed by atoms with Crippen molar-refractivity contribution in [1.82, 2.24) is 15.1 Å². The summed E-state index contributed by atoms with van der Waals surface area (Å²) in [6.07, 6.45) is 11.1. The van der Waals surface area contributed by atoms with Gasteiger partial charge in [0.15, 0.2) is 5.96 Å². The molecule has 2 atom stereocenters. The number of halogens is 1. The Morgan fingerprint density at radius 3 is 2.24 bits per heavy atom. The lowest BCUT2D eigenvalue weighted by Crippen LogP contribution is -2.41. The molecule has 0 spiro atoms. The molecule has 0 radical (unpaired) electrons. The lowest BCUT2D eigenvalue weighted by molar-refractivity contribution is 0.189. The van der Waals surface area contributed by atoms with Crippen LogP contribution in [0.3, 0.4) is 0 Å². The summed E-state index contributed by atoms with van der Waals surface area (Å²) in [5.41, 5.74) is 0. The zero-order valence-corrected chi connectivity index (χ0v) is 18.7. The van der Waals surface area contributed by atoms with E-state index in [1.807, 2.05) is 7.05 Å². The average molecular weight is 462 g/mol. The van der Waals surface area contributed by atoms with Gasteiger partial charge in [-0.3, -0.25) is 4.99 Å². The second kappa shape index (κ2) is 11.0. The molecule has 1 saturated carbocycles. The summed E-state index contributed by atoms with van der Waals surface area (Å²) in [6, 6.07) is 0. The van der Waals surface area contributed by atoms with E-state index in [-0.39, 0.29) is 24.0 Å². The fourth-order valence-corrected chi connectivity index (χ4v) is 4.86. The van der Waals surface area contributed by atoms with Crippen molar-refractivity contribution in [2.24, 2.45) is 22.7 Å². The second-order valence-corrected chi connectivity index (χ2v) is 8.41. The Labute approximate surface area is 172 Å². The third kappa shape index (κ3) is 6.26. The highest BCUT2D eigenvalue weighted by Crippen LogP contribution is 2.35. The van der Waals surface area contributed by atoms with E-state index in [0.717, 1.165) is 30.3 Å². The van der Waals surface area contributed by atoms with E-state index < -0.39 is 0 Å². The smallest absolute Gasteiger partial charge is 0.193 e. The third-order valence-electron chi connectivity index (χ3n) is 6.55. The number of hydrogen-bond donors (Lipinski definition) is 1. The Kier molecular flexibility index (Phi) is 9.31. The van der Waals surface area contributed by atoms with Crippen molar-refractivity contribution in [3.63, 3.8) is 0 Å². The zero-order valence-electron chi connectivity index (χ0n) is 16.4. The molecule has 4 nitrogen and oxygen atoms in total. The summed E-state index contributed by atoms with van der Waals surface area (Å²) in [4.78, 5) is 9.72. The molecule has 0 aromatic rings. The number of aliphatic imine (C=N–C) groups is 1. The molecule has 1 N–H and O–H groups in total. The normalized spacial score (nSPS) is 28.6. The summed E-state index contributed by atoms with van der Waals surface area (Å²) < 4.78 is 0. The van der Waals surface area contributed by atoms with Crippen LogP contribution in [0.2, 0.25) is 0 Å². The van der Waals surface area contributed by atoms with E-state index in [2.05, 4.69) is 27.0 Å². The Hall–Kier alpha value is -0.0400. The van der Waals surface area contributed by atoms with Crippen molar-refractivity contribution in [3.05, 3.63) is 0 Å². The maximum Gasteiger partial charge on any atom is 0.193 e. The summed E-state index contributed by atoms with van der Waals surface area (Å²) >= 11 is 0. The number of unbranched alkanes of at least 4 members (excludes halogenated alkanes) is 1. The van der Waals surface area contributed by atoms with Gasteiger partial charge in [0, 0.05) is 26.7 Å². The Balaban J connectivity index is 0.00000225. The predicted molar refractivity (Wildman–Crippen MR) is 118 cm³/mol. The highest BCUT2D eigenvalue weighted by atomic mass is 127. The number of hydrogen-bond acceptors (Lipinski definition) is 2. The first kappa shape index (κ1) is 21.3. The monoisotopic (exact) mass is 462 g/mol. The third-order valence-corrected chi connectivity index (χ3v) is 6.55. The minimum atomic E-state index is 0. The number of nitrogens with one attached hydrogen (secondary N) is 1. The van der Waals surface area contributed by atoms with Crippen molar-refractivity contribution in [2.45, 2.75) is 58.3 Å². The molecule has 2 aliphatic heterocycles. The molecular weight excluding hydrogens is 423 g/mol. The quantitative estimate of drug-likeness (QED) is 0.292. The molecular formula is C20H39IN4. The van der Waals surface area contributed by atoms with Gasteiger partial charge >= 0.3 is 0 Å². The number of nitrogens with zero attached hydrogens (tertiary/aromatic N) is 3. The summed E-state index contributed by atoms with van der Waals surface area (Å²) in [5.74, 6) is 3.95. The van der Waals surface area contributed by atoms with Gasteiger partial charge in [-0.05, 0) is 75.9 Å². The number of rotatable bonds is 5. The number of guanidine groups is 1. The molecule has 2 unspecified atom stereocenters. The fraction of sp³-hybridized carbons (Fsp3) is 0.950. The molecule has 2 heterocycles. The van der Waals surface area contributed by atoms with Crippen LogP contribution in [0.25, 0.3) is 0 Å². The molecule has 2 saturated heterocycles. The van der Waals surface area contributed by atoms with E-state index in [0.29, 0.717) is 0 Å².